The van der Waals surface area contributed by atoms with Crippen molar-refractivity contribution in [1.82, 2.24) is 10.2 Å². The number of nitrogens with zero attached hydrogens (tertiary/aromatic N) is 1. The Morgan fingerprint density at radius 2 is 1.90 bits per heavy atom. The number of carbonyl (C=O) groups excluding carboxylic acids is 2. The van der Waals surface area contributed by atoms with Crippen LogP contribution in [0.4, 0.5) is 4.79 Å². The average Bonchev–Trinajstić information content (AvgIpc) is 3.17. The minimum atomic E-state index is -0.483. The van der Waals surface area contributed by atoms with Gasteiger partial charge in [-0.25, -0.2) is 4.79 Å². The summed E-state index contributed by atoms with van der Waals surface area (Å²) in [6.45, 7) is 7.03. The van der Waals surface area contributed by atoms with Gasteiger partial charge >= 0.3 is 6.09 Å². The highest BCUT2D eigenvalue weighted by atomic mass is 16.6. The van der Waals surface area contributed by atoms with Crippen molar-refractivity contribution in [3.63, 3.8) is 0 Å². The highest BCUT2D eigenvalue weighted by Crippen LogP contribution is 2.53. The molecule has 0 unspecified atom stereocenters. The van der Waals surface area contributed by atoms with Gasteiger partial charge in [-0.2, -0.15) is 0 Å². The molecule has 1 N–H and O–H groups in total. The number of rotatable bonds is 2. The van der Waals surface area contributed by atoms with Crippen LogP contribution < -0.4 is 5.32 Å². The van der Waals surface area contributed by atoms with Gasteiger partial charge in [0.25, 0.3) is 0 Å². The standard InChI is InChI=1S/C15H24N2O3/c1-14(2,3)20-13(19)16-11-8-17(9-15(11)6-7-15)12(18)10-4-5-10/h10-11H,4-9H2,1-3H3,(H,16,19)/t11-/m0/s1. The van der Waals surface area contributed by atoms with Gasteiger partial charge in [0.15, 0.2) is 0 Å². The van der Waals surface area contributed by atoms with E-state index in [1.807, 2.05) is 25.7 Å². The second kappa shape index (κ2) is 4.37. The third kappa shape index (κ3) is 2.76. The molecular formula is C15H24N2O3. The van der Waals surface area contributed by atoms with Crippen LogP contribution in [0.1, 0.15) is 46.5 Å². The molecule has 3 aliphatic rings. The Hall–Kier alpha value is -1.26. The normalized spacial score (nSPS) is 27.6. The molecule has 2 amide bonds. The number of ether oxygens (including phenoxy) is 1. The summed E-state index contributed by atoms with van der Waals surface area (Å²) < 4.78 is 5.32. The Bertz CT molecular complexity index is 433. The zero-order valence-corrected chi connectivity index (χ0v) is 12.6. The summed E-state index contributed by atoms with van der Waals surface area (Å²) in [6, 6.07) is 0.0556. The molecule has 1 saturated heterocycles. The van der Waals surface area contributed by atoms with Gasteiger partial charge < -0.3 is 15.0 Å². The van der Waals surface area contributed by atoms with Crippen molar-refractivity contribution in [1.29, 1.82) is 0 Å². The van der Waals surface area contributed by atoms with Crippen molar-refractivity contribution in [2.45, 2.75) is 58.1 Å². The van der Waals surface area contributed by atoms with Crippen molar-refractivity contribution in [2.75, 3.05) is 13.1 Å². The summed E-state index contributed by atoms with van der Waals surface area (Å²) in [6.07, 6.45) is 3.90. The first kappa shape index (κ1) is 13.7. The van der Waals surface area contributed by atoms with Crippen LogP contribution in [0.3, 0.4) is 0 Å². The number of likely N-dealkylation sites (tertiary alicyclic amines) is 1. The fourth-order valence-corrected chi connectivity index (χ4v) is 3.04. The van der Waals surface area contributed by atoms with Crippen LogP contribution in [0.15, 0.2) is 0 Å². The van der Waals surface area contributed by atoms with Gasteiger partial charge in [-0.05, 0) is 46.5 Å². The molecule has 1 aliphatic heterocycles. The summed E-state index contributed by atoms with van der Waals surface area (Å²) in [5, 5.41) is 2.98. The molecule has 20 heavy (non-hydrogen) atoms. The van der Waals surface area contributed by atoms with Crippen LogP contribution in [-0.2, 0) is 9.53 Å². The van der Waals surface area contributed by atoms with E-state index in [1.165, 1.54) is 0 Å². The predicted octanol–water partition coefficient (Wildman–Crippen LogP) is 1.91. The minimum Gasteiger partial charge on any atom is -0.444 e. The fraction of sp³-hybridized carbons (Fsp3) is 0.867. The number of nitrogens with one attached hydrogen (secondary N) is 1. The van der Waals surface area contributed by atoms with E-state index in [1.54, 1.807) is 0 Å². The van der Waals surface area contributed by atoms with Crippen LogP contribution in [0.5, 0.6) is 0 Å². The first-order chi connectivity index (χ1) is 9.29. The minimum absolute atomic E-state index is 0.0556. The van der Waals surface area contributed by atoms with Gasteiger partial charge in [-0.15, -0.1) is 0 Å². The van der Waals surface area contributed by atoms with Crippen molar-refractivity contribution >= 4 is 12.0 Å². The summed E-state index contributed by atoms with van der Waals surface area (Å²) in [5.41, 5.74) is -0.357. The van der Waals surface area contributed by atoms with Crippen molar-refractivity contribution < 1.29 is 14.3 Å². The first-order valence-corrected chi connectivity index (χ1v) is 7.57. The molecule has 5 heteroatoms. The van der Waals surface area contributed by atoms with Crippen LogP contribution in [0.25, 0.3) is 0 Å². The molecule has 2 aliphatic carbocycles. The average molecular weight is 280 g/mol. The Balaban J connectivity index is 1.59. The molecule has 5 nitrogen and oxygen atoms in total. The molecule has 1 atom stereocenters. The number of hydrogen-bond donors (Lipinski definition) is 1. The van der Waals surface area contributed by atoms with E-state index in [4.69, 9.17) is 4.74 Å². The number of hydrogen-bond acceptors (Lipinski definition) is 3. The maximum absolute atomic E-state index is 12.2. The van der Waals surface area contributed by atoms with E-state index in [0.29, 0.717) is 6.54 Å². The number of amides is 2. The maximum atomic E-state index is 12.2. The molecule has 2 saturated carbocycles. The second-order valence-corrected chi connectivity index (χ2v) is 7.55. The summed E-state index contributed by atoms with van der Waals surface area (Å²) in [5.74, 6) is 0.538. The van der Waals surface area contributed by atoms with E-state index < -0.39 is 5.60 Å². The Morgan fingerprint density at radius 1 is 1.25 bits per heavy atom. The highest BCUT2D eigenvalue weighted by Gasteiger charge is 2.57. The molecule has 0 bridgehead atoms. The van der Waals surface area contributed by atoms with Crippen molar-refractivity contribution in [3.8, 4) is 0 Å². The largest absolute Gasteiger partial charge is 0.444 e. The molecule has 3 fully saturated rings. The van der Waals surface area contributed by atoms with Crippen molar-refractivity contribution in [3.05, 3.63) is 0 Å². The lowest BCUT2D eigenvalue weighted by Crippen LogP contribution is -2.44. The molecule has 1 heterocycles. The van der Waals surface area contributed by atoms with Gasteiger partial charge in [0.1, 0.15) is 5.60 Å². The lowest BCUT2D eigenvalue weighted by molar-refractivity contribution is -0.131. The van der Waals surface area contributed by atoms with Gasteiger partial charge in [-0.1, -0.05) is 0 Å². The van der Waals surface area contributed by atoms with E-state index in [2.05, 4.69) is 5.32 Å². The quantitative estimate of drug-likeness (QED) is 0.840. The Kier molecular flexibility index (Phi) is 2.99. The summed E-state index contributed by atoms with van der Waals surface area (Å²) in [4.78, 5) is 26.0. The van der Waals surface area contributed by atoms with Gasteiger partial charge in [0.2, 0.25) is 5.91 Å². The maximum Gasteiger partial charge on any atom is 0.407 e. The van der Waals surface area contributed by atoms with Crippen LogP contribution in [0, 0.1) is 11.3 Å². The monoisotopic (exact) mass is 280 g/mol. The summed E-state index contributed by atoms with van der Waals surface area (Å²) >= 11 is 0. The Labute approximate surface area is 120 Å². The first-order valence-electron chi connectivity index (χ1n) is 7.57. The van der Waals surface area contributed by atoms with Crippen LogP contribution >= 0.6 is 0 Å². The topological polar surface area (TPSA) is 58.6 Å². The Morgan fingerprint density at radius 3 is 2.40 bits per heavy atom. The lowest BCUT2D eigenvalue weighted by atomic mass is 10.0. The third-order valence-corrected chi connectivity index (χ3v) is 4.47. The van der Waals surface area contributed by atoms with Gasteiger partial charge in [-0.3, -0.25) is 4.79 Å². The molecule has 0 aromatic rings. The SMILES string of the molecule is CC(C)(C)OC(=O)N[C@H]1CN(C(=O)C2CC2)CC12CC2. The van der Waals surface area contributed by atoms with Crippen LogP contribution in [-0.4, -0.2) is 41.6 Å². The van der Waals surface area contributed by atoms with Gasteiger partial charge in [0.05, 0.1) is 6.04 Å². The molecule has 3 rings (SSSR count). The van der Waals surface area contributed by atoms with E-state index in [0.717, 1.165) is 32.2 Å². The molecule has 1 spiro atoms. The number of alkyl carbamates (subject to hydrolysis) is 1. The summed E-state index contributed by atoms with van der Waals surface area (Å²) in [7, 11) is 0. The van der Waals surface area contributed by atoms with Gasteiger partial charge in [0, 0.05) is 24.4 Å². The zero-order valence-electron chi connectivity index (χ0n) is 12.6. The van der Waals surface area contributed by atoms with E-state index >= 15 is 0 Å². The highest BCUT2D eigenvalue weighted by molar-refractivity contribution is 5.81. The fourth-order valence-electron chi connectivity index (χ4n) is 3.04. The second-order valence-electron chi connectivity index (χ2n) is 7.55. The van der Waals surface area contributed by atoms with E-state index in [-0.39, 0.29) is 29.4 Å². The van der Waals surface area contributed by atoms with E-state index in [9.17, 15) is 9.59 Å². The smallest absolute Gasteiger partial charge is 0.407 e. The molecule has 0 aromatic heterocycles. The number of carbonyl (C=O) groups is 2. The predicted molar refractivity (Wildman–Crippen MR) is 74.1 cm³/mol. The molecular weight excluding hydrogens is 256 g/mol. The molecule has 0 aromatic carbocycles. The lowest BCUT2D eigenvalue weighted by Gasteiger charge is -2.23. The molecule has 0 radical (unpaired) electrons. The van der Waals surface area contributed by atoms with Crippen LogP contribution in [0.2, 0.25) is 0 Å². The molecule has 112 valence electrons. The third-order valence-electron chi connectivity index (χ3n) is 4.47. The zero-order chi connectivity index (χ0) is 14.5. The van der Waals surface area contributed by atoms with Crippen molar-refractivity contribution in [2.24, 2.45) is 11.3 Å².